The molecule has 24 heavy (non-hydrogen) atoms. The van der Waals surface area contributed by atoms with Gasteiger partial charge in [-0.3, -0.25) is 15.0 Å². The third-order valence-corrected chi connectivity index (χ3v) is 6.51. The van der Waals surface area contributed by atoms with E-state index in [2.05, 4.69) is 5.43 Å². The number of hydrogen-bond donors (Lipinski definition) is 2. The predicted octanol–water partition coefficient (Wildman–Crippen LogP) is 3.02. The molecule has 2 amide bonds. The van der Waals surface area contributed by atoms with Crippen molar-refractivity contribution in [2.75, 3.05) is 0 Å². The van der Waals surface area contributed by atoms with E-state index in [0.717, 1.165) is 35.4 Å². The van der Waals surface area contributed by atoms with Gasteiger partial charge < -0.3 is 5.73 Å². The van der Waals surface area contributed by atoms with Crippen LogP contribution in [0.3, 0.4) is 0 Å². The molecule has 0 bridgehead atoms. The first-order valence-corrected chi connectivity index (χ1v) is 10.00. The fourth-order valence-electron chi connectivity index (χ4n) is 2.84. The number of nitrogens with zero attached hydrogens (tertiary/aromatic N) is 1. The molecule has 1 aliphatic carbocycles. The summed E-state index contributed by atoms with van der Waals surface area (Å²) in [4.78, 5) is 27.4. The van der Waals surface area contributed by atoms with Crippen LogP contribution in [-0.4, -0.2) is 21.1 Å². The van der Waals surface area contributed by atoms with E-state index in [4.69, 9.17) is 18.0 Å². The normalized spacial score (nSPS) is 20.9. The molecule has 2 aliphatic rings. The zero-order chi connectivity index (χ0) is 17.1. The summed E-state index contributed by atoms with van der Waals surface area (Å²) < 4.78 is 0.367. The van der Waals surface area contributed by atoms with E-state index in [1.54, 1.807) is 17.4 Å². The van der Waals surface area contributed by atoms with Crippen molar-refractivity contribution in [3.05, 3.63) is 26.8 Å². The molecule has 1 saturated carbocycles. The summed E-state index contributed by atoms with van der Waals surface area (Å²) in [5.74, 6) is -0.387. The summed E-state index contributed by atoms with van der Waals surface area (Å²) >= 11 is 8.01. The van der Waals surface area contributed by atoms with Gasteiger partial charge in [0.25, 0.3) is 5.91 Å². The summed E-state index contributed by atoms with van der Waals surface area (Å²) in [6, 6.07) is 3.88. The van der Waals surface area contributed by atoms with E-state index in [0.29, 0.717) is 15.8 Å². The lowest BCUT2D eigenvalue weighted by Crippen LogP contribution is -2.47. The molecule has 2 fully saturated rings. The average Bonchev–Trinajstić information content (AvgIpc) is 3.15. The van der Waals surface area contributed by atoms with Gasteiger partial charge >= 0.3 is 0 Å². The molecular weight excluding hydrogens is 362 g/mol. The molecule has 0 unspecified atom stereocenters. The van der Waals surface area contributed by atoms with Gasteiger partial charge in [0.2, 0.25) is 5.91 Å². The standard InChI is InChI=1S/C16H19N3O2S3/c17-9-12-7-6-11(23-12)8-13-15(21)19(16(22)24-13)18-14(20)10-4-2-1-3-5-10/h6-8,10H,1-5,9,17H2,(H,18,20). The van der Waals surface area contributed by atoms with Crippen molar-refractivity contribution in [1.82, 2.24) is 10.4 Å². The molecule has 5 nitrogen and oxygen atoms in total. The summed E-state index contributed by atoms with van der Waals surface area (Å²) in [6.45, 7) is 0.483. The Bertz CT molecular complexity index is 692. The minimum Gasteiger partial charge on any atom is -0.326 e. The Morgan fingerprint density at radius 2 is 2.12 bits per heavy atom. The van der Waals surface area contributed by atoms with Gasteiger partial charge in [0.05, 0.1) is 4.91 Å². The average molecular weight is 382 g/mol. The van der Waals surface area contributed by atoms with Crippen LogP contribution < -0.4 is 11.2 Å². The second-order valence-electron chi connectivity index (χ2n) is 5.84. The zero-order valence-electron chi connectivity index (χ0n) is 13.1. The number of carbonyl (C=O) groups excluding carboxylic acids is 2. The molecule has 2 heterocycles. The lowest BCUT2D eigenvalue weighted by atomic mass is 9.89. The number of rotatable bonds is 4. The van der Waals surface area contributed by atoms with Crippen LogP contribution in [0.1, 0.15) is 41.9 Å². The highest BCUT2D eigenvalue weighted by Gasteiger charge is 2.35. The second-order valence-corrected chi connectivity index (χ2v) is 8.71. The minimum absolute atomic E-state index is 0.0169. The van der Waals surface area contributed by atoms with Crippen molar-refractivity contribution in [1.29, 1.82) is 0 Å². The first-order valence-electron chi connectivity index (χ1n) is 7.95. The fourth-order valence-corrected chi connectivity index (χ4v) is 4.92. The molecule has 3 N–H and O–H groups in total. The Morgan fingerprint density at radius 3 is 2.79 bits per heavy atom. The number of carbonyl (C=O) groups is 2. The topological polar surface area (TPSA) is 75.4 Å². The molecule has 1 aromatic heterocycles. The van der Waals surface area contributed by atoms with Crippen LogP contribution in [0, 0.1) is 5.92 Å². The van der Waals surface area contributed by atoms with Gasteiger partial charge in [-0.2, -0.15) is 5.01 Å². The van der Waals surface area contributed by atoms with Gasteiger partial charge in [0.1, 0.15) is 0 Å². The van der Waals surface area contributed by atoms with Crippen molar-refractivity contribution >= 4 is 57.5 Å². The molecule has 0 radical (unpaired) electrons. The number of hydrogen-bond acceptors (Lipinski definition) is 6. The monoisotopic (exact) mass is 381 g/mol. The van der Waals surface area contributed by atoms with Crippen LogP contribution in [0.4, 0.5) is 0 Å². The van der Waals surface area contributed by atoms with Crippen LogP contribution in [0.15, 0.2) is 17.0 Å². The molecule has 0 aromatic carbocycles. The molecule has 8 heteroatoms. The Labute approximate surface area is 154 Å². The summed E-state index contributed by atoms with van der Waals surface area (Å²) in [5.41, 5.74) is 8.32. The van der Waals surface area contributed by atoms with Crippen molar-refractivity contribution in [2.45, 2.75) is 38.6 Å². The maximum absolute atomic E-state index is 12.5. The number of hydrazine groups is 1. The van der Waals surface area contributed by atoms with Gasteiger partial charge in [0, 0.05) is 22.2 Å². The Morgan fingerprint density at radius 1 is 1.38 bits per heavy atom. The maximum atomic E-state index is 12.5. The summed E-state index contributed by atoms with van der Waals surface area (Å²) in [5, 5.41) is 1.21. The Balaban J connectivity index is 1.68. The van der Waals surface area contributed by atoms with Gasteiger partial charge in [-0.25, -0.2) is 0 Å². The number of thioether (sulfide) groups is 1. The third kappa shape index (κ3) is 3.88. The molecule has 3 rings (SSSR count). The van der Waals surface area contributed by atoms with Crippen LogP contribution in [0.2, 0.25) is 0 Å². The van der Waals surface area contributed by atoms with Crippen molar-refractivity contribution in [3.8, 4) is 0 Å². The summed E-state index contributed by atoms with van der Waals surface area (Å²) in [6.07, 6.45) is 6.88. The molecule has 0 atom stereocenters. The smallest absolute Gasteiger partial charge is 0.285 e. The maximum Gasteiger partial charge on any atom is 0.285 e. The van der Waals surface area contributed by atoms with Gasteiger partial charge in [-0.1, -0.05) is 31.0 Å². The highest BCUT2D eigenvalue weighted by Crippen LogP contribution is 2.33. The number of nitrogens with two attached hydrogens (primary N) is 1. The summed E-state index contributed by atoms with van der Waals surface area (Å²) in [7, 11) is 0. The largest absolute Gasteiger partial charge is 0.326 e. The van der Waals surface area contributed by atoms with Crippen molar-refractivity contribution in [3.63, 3.8) is 0 Å². The van der Waals surface area contributed by atoms with Crippen LogP contribution >= 0.6 is 35.3 Å². The number of nitrogens with one attached hydrogen (secondary N) is 1. The van der Waals surface area contributed by atoms with Gasteiger partial charge in [-0.15, -0.1) is 11.3 Å². The van der Waals surface area contributed by atoms with E-state index in [1.165, 1.54) is 23.2 Å². The SMILES string of the molecule is NCc1ccc(C=C2SC(=S)N(NC(=O)C3CCCCC3)C2=O)s1. The lowest BCUT2D eigenvalue weighted by Gasteiger charge is -2.23. The lowest BCUT2D eigenvalue weighted by molar-refractivity contribution is -0.136. The predicted molar refractivity (Wildman–Crippen MR) is 102 cm³/mol. The molecule has 1 aliphatic heterocycles. The van der Waals surface area contributed by atoms with E-state index in [1.807, 2.05) is 12.1 Å². The van der Waals surface area contributed by atoms with Crippen molar-refractivity contribution < 1.29 is 9.59 Å². The molecule has 0 spiro atoms. The van der Waals surface area contributed by atoms with E-state index in [9.17, 15) is 9.59 Å². The number of amides is 2. The first kappa shape index (κ1) is 17.6. The van der Waals surface area contributed by atoms with Gasteiger partial charge in [-0.05, 0) is 43.3 Å². The zero-order valence-corrected chi connectivity index (χ0v) is 15.6. The highest BCUT2D eigenvalue weighted by atomic mass is 32.2. The van der Waals surface area contributed by atoms with Gasteiger partial charge in [0.15, 0.2) is 4.32 Å². The Kier molecular flexibility index (Phi) is 5.70. The first-order chi connectivity index (χ1) is 11.6. The Hall–Kier alpha value is -1.22. The second kappa shape index (κ2) is 7.77. The van der Waals surface area contributed by atoms with E-state index < -0.39 is 0 Å². The molecule has 1 aromatic rings. The van der Waals surface area contributed by atoms with Crippen molar-refractivity contribution in [2.24, 2.45) is 11.7 Å². The quantitative estimate of drug-likeness (QED) is 0.619. The van der Waals surface area contributed by atoms with E-state index in [-0.39, 0.29) is 17.7 Å². The molecule has 1 saturated heterocycles. The number of thiocarbonyl (C=S) groups is 1. The van der Waals surface area contributed by atoms with E-state index >= 15 is 0 Å². The third-order valence-electron chi connectivity index (χ3n) is 4.15. The van der Waals surface area contributed by atoms with Crippen LogP contribution in [-0.2, 0) is 16.1 Å². The van der Waals surface area contributed by atoms with Crippen LogP contribution in [0.5, 0.6) is 0 Å². The van der Waals surface area contributed by atoms with Crippen LogP contribution in [0.25, 0.3) is 6.08 Å². The molecular formula is C16H19N3O2S3. The minimum atomic E-state index is -0.267. The fraction of sp³-hybridized carbons (Fsp3) is 0.438. The highest BCUT2D eigenvalue weighted by molar-refractivity contribution is 8.26. The number of thiophene rings is 1. The molecule has 128 valence electrons.